The van der Waals surface area contributed by atoms with Gasteiger partial charge in [0.15, 0.2) is 5.13 Å². The van der Waals surface area contributed by atoms with E-state index < -0.39 is 17.7 Å². The van der Waals surface area contributed by atoms with Gasteiger partial charge < -0.3 is 20.1 Å². The van der Waals surface area contributed by atoms with Crippen LogP contribution in [0.15, 0.2) is 23.6 Å². The number of hydrogen-bond acceptors (Lipinski definition) is 6. The summed E-state index contributed by atoms with van der Waals surface area (Å²) in [7, 11) is 0. The number of nitrogens with one attached hydrogen (secondary N) is 1. The Morgan fingerprint density at radius 1 is 1.42 bits per heavy atom. The van der Waals surface area contributed by atoms with Crippen LogP contribution in [-0.4, -0.2) is 39.1 Å². The fourth-order valence-electron chi connectivity index (χ4n) is 3.68. The first kappa shape index (κ1) is 17.3. The first-order valence-electron chi connectivity index (χ1n) is 8.85. The monoisotopic (exact) mass is 373 g/mol. The van der Waals surface area contributed by atoms with Crippen molar-refractivity contribution in [2.24, 2.45) is 0 Å². The van der Waals surface area contributed by atoms with E-state index >= 15 is 0 Å². The minimum absolute atomic E-state index is 0.0895. The molecule has 2 N–H and O–H groups in total. The number of ether oxygens (including phenoxy) is 1. The van der Waals surface area contributed by atoms with Gasteiger partial charge in [0.2, 0.25) is 5.91 Å². The zero-order valence-electron chi connectivity index (χ0n) is 15.2. The lowest BCUT2D eigenvalue weighted by molar-refractivity contribution is -0.139. The summed E-state index contributed by atoms with van der Waals surface area (Å²) in [5, 5.41) is 17.1. The number of anilines is 2. The number of carbonyl (C=O) groups is 1. The van der Waals surface area contributed by atoms with Gasteiger partial charge in [0.1, 0.15) is 17.5 Å². The van der Waals surface area contributed by atoms with Gasteiger partial charge in [0, 0.05) is 29.6 Å². The number of carbonyl (C=O) groups excluding carboxylic acids is 1. The Labute approximate surface area is 156 Å². The highest BCUT2D eigenvalue weighted by Gasteiger charge is 2.47. The zero-order valence-corrected chi connectivity index (χ0v) is 16.0. The third kappa shape index (κ3) is 2.95. The Kier molecular flexibility index (Phi) is 4.16. The second kappa shape index (κ2) is 6.25. The molecule has 2 aliphatic heterocycles. The highest BCUT2D eigenvalue weighted by atomic mass is 32.1. The van der Waals surface area contributed by atoms with Gasteiger partial charge in [-0.1, -0.05) is 0 Å². The van der Waals surface area contributed by atoms with E-state index in [1.807, 2.05) is 44.4 Å². The third-order valence-corrected chi connectivity index (χ3v) is 5.90. The maximum absolute atomic E-state index is 12.4. The molecule has 1 aromatic heterocycles. The van der Waals surface area contributed by atoms with E-state index in [-0.39, 0.29) is 5.91 Å². The number of thiazole rings is 1. The van der Waals surface area contributed by atoms with Crippen LogP contribution in [0.3, 0.4) is 0 Å². The van der Waals surface area contributed by atoms with Crippen LogP contribution in [0, 0.1) is 6.92 Å². The predicted molar refractivity (Wildman–Crippen MR) is 101 cm³/mol. The van der Waals surface area contributed by atoms with E-state index in [0.717, 1.165) is 28.5 Å². The van der Waals surface area contributed by atoms with Gasteiger partial charge in [0.25, 0.3) is 0 Å². The molecular weight excluding hydrogens is 350 g/mol. The Morgan fingerprint density at radius 3 is 2.88 bits per heavy atom. The molecule has 2 atom stereocenters. The van der Waals surface area contributed by atoms with Gasteiger partial charge in [-0.05, 0) is 45.4 Å². The molecule has 6 nitrogen and oxygen atoms in total. The van der Waals surface area contributed by atoms with Crippen LogP contribution in [0.1, 0.15) is 44.0 Å². The fourth-order valence-corrected chi connectivity index (χ4v) is 4.39. The van der Waals surface area contributed by atoms with Crippen LogP contribution in [-0.2, 0) is 4.79 Å². The van der Waals surface area contributed by atoms with Gasteiger partial charge in [-0.15, -0.1) is 11.3 Å². The first-order chi connectivity index (χ1) is 12.3. The lowest BCUT2D eigenvalue weighted by atomic mass is 9.85. The van der Waals surface area contributed by atoms with Gasteiger partial charge in [-0.2, -0.15) is 0 Å². The number of aliphatic hydroxyl groups is 1. The number of likely N-dealkylation sites (tertiary alicyclic amines) is 1. The van der Waals surface area contributed by atoms with Crippen molar-refractivity contribution in [2.45, 2.75) is 51.4 Å². The van der Waals surface area contributed by atoms with E-state index in [4.69, 9.17) is 4.74 Å². The molecule has 0 spiro atoms. The summed E-state index contributed by atoms with van der Waals surface area (Å²) < 4.78 is 6.04. The van der Waals surface area contributed by atoms with Crippen LogP contribution in [0.2, 0.25) is 0 Å². The predicted octanol–water partition coefficient (Wildman–Crippen LogP) is 3.39. The average molecular weight is 373 g/mol. The number of fused-ring (bicyclic) bond motifs is 1. The Bertz CT molecular complexity index is 848. The van der Waals surface area contributed by atoms with Crippen molar-refractivity contribution in [3.05, 3.63) is 34.8 Å². The fraction of sp³-hybridized carbons (Fsp3) is 0.474. The molecule has 0 unspecified atom stereocenters. The topological polar surface area (TPSA) is 74.7 Å². The number of hydrogen-bond donors (Lipinski definition) is 2. The first-order valence-corrected chi connectivity index (χ1v) is 9.73. The van der Waals surface area contributed by atoms with E-state index in [2.05, 4.69) is 10.3 Å². The molecule has 0 aliphatic carbocycles. The number of aromatic nitrogens is 1. The molecule has 4 rings (SSSR count). The molecule has 0 bridgehead atoms. The molecule has 26 heavy (non-hydrogen) atoms. The Hall–Kier alpha value is -2.12. The summed E-state index contributed by atoms with van der Waals surface area (Å²) in [6.45, 7) is 6.34. The highest BCUT2D eigenvalue weighted by molar-refractivity contribution is 7.13. The lowest BCUT2D eigenvalue weighted by Crippen LogP contribution is -2.53. The zero-order chi connectivity index (χ0) is 18.5. The molecule has 1 saturated heterocycles. The third-order valence-electron chi connectivity index (χ3n) is 5.03. The Morgan fingerprint density at radius 2 is 2.23 bits per heavy atom. The molecule has 0 saturated carbocycles. The smallest absolute Gasteiger partial charge is 0.223 e. The largest absolute Gasteiger partial charge is 0.485 e. The summed E-state index contributed by atoms with van der Waals surface area (Å²) >= 11 is 1.54. The van der Waals surface area contributed by atoms with Crippen molar-refractivity contribution >= 4 is 28.1 Å². The maximum Gasteiger partial charge on any atom is 0.223 e. The molecule has 1 aromatic carbocycles. The van der Waals surface area contributed by atoms with Crippen LogP contribution in [0.25, 0.3) is 0 Å². The molecule has 1 amide bonds. The second-order valence-electron chi connectivity index (χ2n) is 7.46. The molecule has 1 fully saturated rings. The van der Waals surface area contributed by atoms with Gasteiger partial charge in [-0.3, -0.25) is 4.79 Å². The average Bonchev–Trinajstić information content (AvgIpc) is 3.18. The van der Waals surface area contributed by atoms with Crippen molar-refractivity contribution in [2.75, 3.05) is 11.9 Å². The van der Waals surface area contributed by atoms with E-state index in [9.17, 15) is 9.90 Å². The van der Waals surface area contributed by atoms with Gasteiger partial charge >= 0.3 is 0 Å². The summed E-state index contributed by atoms with van der Waals surface area (Å²) in [5.41, 5.74) is 1.91. The molecule has 0 radical (unpaired) electrons. The highest BCUT2D eigenvalue weighted by Crippen LogP contribution is 2.45. The Balaban J connectivity index is 1.73. The number of aryl methyl sites for hydroxylation is 1. The standard InChI is InChI=1S/C19H23N3O3S/c1-11-10-26-18(20-11)21-12-6-7-14-13(9-12)16(17(24)19(2,3)25-14)22-8-4-5-15(22)23/h6-7,9-10,16-17,24H,4-5,8H2,1-3H3,(H,20,21)/t16-,17+/m1/s1. The summed E-state index contributed by atoms with van der Waals surface area (Å²) in [6, 6.07) is 5.40. The van der Waals surface area contributed by atoms with Crippen LogP contribution < -0.4 is 10.1 Å². The number of amides is 1. The van der Waals surface area contributed by atoms with Crippen molar-refractivity contribution in [3.8, 4) is 5.75 Å². The van der Waals surface area contributed by atoms with Crippen molar-refractivity contribution in [1.82, 2.24) is 9.88 Å². The number of aliphatic hydroxyl groups excluding tert-OH is 1. The van der Waals surface area contributed by atoms with Crippen molar-refractivity contribution in [3.63, 3.8) is 0 Å². The molecule has 3 heterocycles. The van der Waals surface area contributed by atoms with Crippen molar-refractivity contribution in [1.29, 1.82) is 0 Å². The van der Waals surface area contributed by atoms with Crippen LogP contribution >= 0.6 is 11.3 Å². The molecular formula is C19H23N3O3S. The molecule has 2 aliphatic rings. The van der Waals surface area contributed by atoms with Crippen LogP contribution in [0.4, 0.5) is 10.8 Å². The van der Waals surface area contributed by atoms with E-state index in [1.54, 1.807) is 16.2 Å². The minimum atomic E-state index is -0.797. The summed E-state index contributed by atoms with van der Waals surface area (Å²) in [4.78, 5) is 18.6. The number of rotatable bonds is 3. The van der Waals surface area contributed by atoms with E-state index in [1.165, 1.54) is 0 Å². The maximum atomic E-state index is 12.4. The second-order valence-corrected chi connectivity index (χ2v) is 8.32. The number of nitrogens with zero attached hydrogens (tertiary/aromatic N) is 2. The SMILES string of the molecule is Cc1csc(Nc2ccc3c(c2)[C@@H](N2CCCC2=O)[C@H](O)C(C)(C)O3)n1. The molecule has 2 aromatic rings. The summed E-state index contributed by atoms with van der Waals surface area (Å²) in [6.07, 6.45) is 0.569. The lowest BCUT2D eigenvalue weighted by Gasteiger charge is -2.45. The molecule has 138 valence electrons. The summed E-state index contributed by atoms with van der Waals surface area (Å²) in [5.74, 6) is 0.803. The normalized spacial score (nSPS) is 24.3. The van der Waals surface area contributed by atoms with E-state index in [0.29, 0.717) is 18.7 Å². The van der Waals surface area contributed by atoms with Crippen LogP contribution in [0.5, 0.6) is 5.75 Å². The number of benzene rings is 1. The van der Waals surface area contributed by atoms with Gasteiger partial charge in [0.05, 0.1) is 11.7 Å². The minimum Gasteiger partial charge on any atom is -0.485 e. The molecule has 7 heteroatoms. The quantitative estimate of drug-likeness (QED) is 0.863. The van der Waals surface area contributed by atoms with Crippen molar-refractivity contribution < 1.29 is 14.6 Å². The van der Waals surface area contributed by atoms with Gasteiger partial charge in [-0.25, -0.2) is 4.98 Å².